The standard InChI is InChI=1S/C12H24O5/c1-11(2)16-7-5-13-3-4-14-9-12-10-15-6-8-17-12/h11-12H,3-10H2,1-2H3. The van der Waals surface area contributed by atoms with Gasteiger partial charge < -0.3 is 23.7 Å². The Balaban J connectivity index is 1.78. The first-order chi connectivity index (χ1) is 8.29. The second-order valence-corrected chi connectivity index (χ2v) is 4.17. The molecule has 0 amide bonds. The molecule has 17 heavy (non-hydrogen) atoms. The van der Waals surface area contributed by atoms with Crippen molar-refractivity contribution in [1.29, 1.82) is 0 Å². The predicted molar refractivity (Wildman–Crippen MR) is 63.3 cm³/mol. The number of rotatable bonds is 9. The van der Waals surface area contributed by atoms with Gasteiger partial charge in [-0.1, -0.05) is 0 Å². The Morgan fingerprint density at radius 1 is 1.06 bits per heavy atom. The van der Waals surface area contributed by atoms with E-state index in [-0.39, 0.29) is 12.2 Å². The lowest BCUT2D eigenvalue weighted by atomic mass is 10.4. The first kappa shape index (κ1) is 14.9. The van der Waals surface area contributed by atoms with Gasteiger partial charge in [0.25, 0.3) is 0 Å². The monoisotopic (exact) mass is 248 g/mol. The van der Waals surface area contributed by atoms with Crippen molar-refractivity contribution in [2.45, 2.75) is 26.1 Å². The fourth-order valence-electron chi connectivity index (χ4n) is 1.41. The lowest BCUT2D eigenvalue weighted by Gasteiger charge is -2.22. The Morgan fingerprint density at radius 2 is 1.82 bits per heavy atom. The van der Waals surface area contributed by atoms with E-state index in [1.165, 1.54) is 0 Å². The van der Waals surface area contributed by atoms with Gasteiger partial charge in [-0.25, -0.2) is 0 Å². The zero-order valence-electron chi connectivity index (χ0n) is 10.9. The summed E-state index contributed by atoms with van der Waals surface area (Å²) in [5.41, 5.74) is 0. The van der Waals surface area contributed by atoms with Crippen molar-refractivity contribution in [1.82, 2.24) is 0 Å². The van der Waals surface area contributed by atoms with Gasteiger partial charge in [0.1, 0.15) is 6.10 Å². The van der Waals surface area contributed by atoms with Gasteiger partial charge in [-0.3, -0.25) is 0 Å². The summed E-state index contributed by atoms with van der Waals surface area (Å²) in [6, 6.07) is 0. The first-order valence-corrected chi connectivity index (χ1v) is 6.25. The van der Waals surface area contributed by atoms with Crippen LogP contribution in [0.25, 0.3) is 0 Å². The summed E-state index contributed by atoms with van der Waals surface area (Å²) in [7, 11) is 0. The minimum atomic E-state index is 0.0769. The maximum atomic E-state index is 5.44. The minimum absolute atomic E-state index is 0.0769. The van der Waals surface area contributed by atoms with Crippen LogP contribution >= 0.6 is 0 Å². The largest absolute Gasteiger partial charge is 0.377 e. The van der Waals surface area contributed by atoms with E-state index in [9.17, 15) is 0 Å². The van der Waals surface area contributed by atoms with Crippen molar-refractivity contribution in [3.05, 3.63) is 0 Å². The van der Waals surface area contributed by atoms with Crippen LogP contribution in [0.5, 0.6) is 0 Å². The van der Waals surface area contributed by atoms with E-state index in [4.69, 9.17) is 23.7 Å². The summed E-state index contributed by atoms with van der Waals surface area (Å²) in [5, 5.41) is 0. The second-order valence-electron chi connectivity index (χ2n) is 4.17. The van der Waals surface area contributed by atoms with E-state index >= 15 is 0 Å². The van der Waals surface area contributed by atoms with Crippen LogP contribution in [0.1, 0.15) is 13.8 Å². The SMILES string of the molecule is CC(C)OCCOCCOCC1COCCO1. The third kappa shape index (κ3) is 8.51. The molecule has 0 N–H and O–H groups in total. The molecule has 0 bridgehead atoms. The Hall–Kier alpha value is -0.200. The molecule has 0 saturated carbocycles. The van der Waals surface area contributed by atoms with Gasteiger partial charge in [-0.2, -0.15) is 0 Å². The summed E-state index contributed by atoms with van der Waals surface area (Å²) in [6.45, 7) is 9.00. The summed E-state index contributed by atoms with van der Waals surface area (Å²) in [4.78, 5) is 0. The van der Waals surface area contributed by atoms with Gasteiger partial charge in [0, 0.05) is 0 Å². The number of hydrogen-bond acceptors (Lipinski definition) is 5. The van der Waals surface area contributed by atoms with Crippen molar-refractivity contribution in [3.8, 4) is 0 Å². The smallest absolute Gasteiger partial charge is 0.104 e. The van der Waals surface area contributed by atoms with Crippen molar-refractivity contribution < 1.29 is 23.7 Å². The zero-order chi connectivity index (χ0) is 12.3. The first-order valence-electron chi connectivity index (χ1n) is 6.25. The molecule has 1 unspecified atom stereocenters. The number of hydrogen-bond donors (Lipinski definition) is 0. The molecule has 0 aliphatic carbocycles. The van der Waals surface area contributed by atoms with E-state index in [1.54, 1.807) is 0 Å². The Labute approximate surface area is 103 Å². The van der Waals surface area contributed by atoms with Crippen LogP contribution in [0, 0.1) is 0 Å². The van der Waals surface area contributed by atoms with Crippen molar-refractivity contribution >= 4 is 0 Å². The Bertz CT molecular complexity index is 168. The molecule has 5 nitrogen and oxygen atoms in total. The topological polar surface area (TPSA) is 46.2 Å². The molecule has 0 spiro atoms. The van der Waals surface area contributed by atoms with Gasteiger partial charge in [-0.15, -0.1) is 0 Å². The van der Waals surface area contributed by atoms with Crippen LogP contribution in [0.15, 0.2) is 0 Å². The average Bonchev–Trinajstić information content (AvgIpc) is 2.33. The highest BCUT2D eigenvalue weighted by molar-refractivity contribution is 4.58. The van der Waals surface area contributed by atoms with Gasteiger partial charge in [-0.05, 0) is 13.8 Å². The fourth-order valence-corrected chi connectivity index (χ4v) is 1.41. The molecule has 0 aromatic heterocycles. The summed E-state index contributed by atoms with van der Waals surface area (Å²) >= 11 is 0. The van der Waals surface area contributed by atoms with E-state index in [0.717, 1.165) is 0 Å². The lowest BCUT2D eigenvalue weighted by molar-refractivity contribution is -0.118. The van der Waals surface area contributed by atoms with E-state index in [2.05, 4.69) is 0 Å². The van der Waals surface area contributed by atoms with E-state index in [0.29, 0.717) is 52.9 Å². The highest BCUT2D eigenvalue weighted by Gasteiger charge is 2.13. The summed E-state index contributed by atoms with van der Waals surface area (Å²) < 4.78 is 26.8. The molecule has 1 aliphatic heterocycles. The molecule has 1 heterocycles. The van der Waals surface area contributed by atoms with Crippen LogP contribution in [-0.4, -0.2) is 65.1 Å². The van der Waals surface area contributed by atoms with Crippen molar-refractivity contribution in [2.75, 3.05) is 52.9 Å². The Kier molecular flexibility index (Phi) is 8.56. The van der Waals surface area contributed by atoms with Gasteiger partial charge >= 0.3 is 0 Å². The minimum Gasteiger partial charge on any atom is -0.377 e. The molecule has 5 heteroatoms. The molecular weight excluding hydrogens is 224 g/mol. The van der Waals surface area contributed by atoms with Gasteiger partial charge in [0.2, 0.25) is 0 Å². The van der Waals surface area contributed by atoms with Crippen LogP contribution in [0.3, 0.4) is 0 Å². The molecule has 1 atom stereocenters. The lowest BCUT2D eigenvalue weighted by Crippen LogP contribution is -2.32. The van der Waals surface area contributed by atoms with Crippen LogP contribution in [0.2, 0.25) is 0 Å². The quantitative estimate of drug-likeness (QED) is 0.566. The van der Waals surface area contributed by atoms with Gasteiger partial charge in [0.05, 0.1) is 59.0 Å². The highest BCUT2D eigenvalue weighted by atomic mass is 16.6. The summed E-state index contributed by atoms with van der Waals surface area (Å²) in [5.74, 6) is 0. The molecule has 102 valence electrons. The Morgan fingerprint density at radius 3 is 2.53 bits per heavy atom. The summed E-state index contributed by atoms with van der Waals surface area (Å²) in [6.07, 6.45) is 0.339. The zero-order valence-corrected chi connectivity index (χ0v) is 10.9. The van der Waals surface area contributed by atoms with E-state index < -0.39 is 0 Å². The predicted octanol–water partition coefficient (Wildman–Crippen LogP) is 0.860. The molecule has 0 aromatic rings. The third-order valence-electron chi connectivity index (χ3n) is 2.24. The van der Waals surface area contributed by atoms with Crippen LogP contribution in [-0.2, 0) is 23.7 Å². The van der Waals surface area contributed by atoms with E-state index in [1.807, 2.05) is 13.8 Å². The molecule has 1 fully saturated rings. The molecule has 1 saturated heterocycles. The molecular formula is C12H24O5. The molecule has 0 radical (unpaired) electrons. The average molecular weight is 248 g/mol. The molecule has 1 aliphatic rings. The fraction of sp³-hybridized carbons (Fsp3) is 1.00. The van der Waals surface area contributed by atoms with Crippen LogP contribution < -0.4 is 0 Å². The maximum Gasteiger partial charge on any atom is 0.104 e. The molecule has 0 aromatic carbocycles. The van der Waals surface area contributed by atoms with Gasteiger partial charge in [0.15, 0.2) is 0 Å². The second kappa shape index (κ2) is 9.79. The van der Waals surface area contributed by atoms with Crippen molar-refractivity contribution in [3.63, 3.8) is 0 Å². The molecule has 1 rings (SSSR count). The third-order valence-corrected chi connectivity index (χ3v) is 2.24. The maximum absolute atomic E-state index is 5.44. The van der Waals surface area contributed by atoms with Crippen LogP contribution in [0.4, 0.5) is 0 Å². The highest BCUT2D eigenvalue weighted by Crippen LogP contribution is 2.00. The normalized spacial score (nSPS) is 21.0. The number of ether oxygens (including phenoxy) is 5. The van der Waals surface area contributed by atoms with Crippen molar-refractivity contribution in [2.24, 2.45) is 0 Å².